The lowest BCUT2D eigenvalue weighted by atomic mass is 10.1. The summed E-state index contributed by atoms with van der Waals surface area (Å²) in [5, 5.41) is 8.99. The number of methoxy groups -OCH3 is 1. The Labute approximate surface area is 83.7 Å². The monoisotopic (exact) mass is 196 g/mol. The fraction of sp³-hybridized carbons (Fsp3) is 0.500. The molecule has 0 fully saturated rings. The number of aromatic nitrogens is 1. The Balaban J connectivity index is 3.24. The van der Waals surface area contributed by atoms with Gasteiger partial charge in [-0.25, -0.2) is 0 Å². The van der Waals surface area contributed by atoms with E-state index >= 15 is 0 Å². The van der Waals surface area contributed by atoms with Crippen LogP contribution in [0.4, 0.5) is 0 Å². The normalized spacial score (nSPS) is 12.6. The number of aliphatic hydroxyl groups excluding tert-OH is 1. The van der Waals surface area contributed by atoms with E-state index in [2.05, 4.69) is 4.98 Å². The summed E-state index contributed by atoms with van der Waals surface area (Å²) in [5.41, 5.74) is 8.22. The summed E-state index contributed by atoms with van der Waals surface area (Å²) < 4.78 is 5.20. The molecule has 0 aromatic carbocycles. The van der Waals surface area contributed by atoms with Crippen LogP contribution in [0.5, 0.6) is 5.75 Å². The summed E-state index contributed by atoms with van der Waals surface area (Å²) in [6, 6.07) is 1.38. The number of hydrogen-bond donors (Lipinski definition) is 2. The molecule has 0 saturated carbocycles. The third kappa shape index (κ3) is 2.02. The molecule has 0 saturated heterocycles. The van der Waals surface area contributed by atoms with Crippen LogP contribution in [0.3, 0.4) is 0 Å². The van der Waals surface area contributed by atoms with Gasteiger partial charge in [-0.15, -0.1) is 0 Å². The fourth-order valence-electron chi connectivity index (χ4n) is 1.51. The minimum atomic E-state index is -0.432. The van der Waals surface area contributed by atoms with Gasteiger partial charge < -0.3 is 15.6 Å². The van der Waals surface area contributed by atoms with Crippen molar-refractivity contribution in [2.24, 2.45) is 5.73 Å². The average molecular weight is 196 g/mol. The highest BCUT2D eigenvalue weighted by Crippen LogP contribution is 2.26. The molecule has 3 N–H and O–H groups in total. The number of aliphatic hydroxyl groups is 1. The van der Waals surface area contributed by atoms with Gasteiger partial charge in [0.25, 0.3) is 0 Å². The number of pyridine rings is 1. The summed E-state index contributed by atoms with van der Waals surface area (Å²) >= 11 is 0. The molecule has 0 radical (unpaired) electrons. The number of ether oxygens (including phenoxy) is 1. The second-order valence-electron chi connectivity index (χ2n) is 3.25. The van der Waals surface area contributed by atoms with Crippen molar-refractivity contribution < 1.29 is 9.84 Å². The first-order valence-electron chi connectivity index (χ1n) is 4.48. The Hall–Kier alpha value is -1.13. The van der Waals surface area contributed by atoms with Crippen molar-refractivity contribution in [3.05, 3.63) is 23.0 Å². The number of nitrogens with zero attached hydrogens (tertiary/aromatic N) is 1. The molecule has 0 aliphatic rings. The van der Waals surface area contributed by atoms with E-state index in [-0.39, 0.29) is 6.61 Å². The van der Waals surface area contributed by atoms with Crippen LogP contribution in [-0.2, 0) is 0 Å². The van der Waals surface area contributed by atoms with E-state index in [0.717, 1.165) is 17.0 Å². The molecule has 1 heterocycles. The summed E-state index contributed by atoms with van der Waals surface area (Å²) in [4.78, 5) is 4.28. The molecule has 0 aliphatic heterocycles. The van der Waals surface area contributed by atoms with Gasteiger partial charge in [-0.2, -0.15) is 0 Å². The second kappa shape index (κ2) is 4.39. The molecule has 1 unspecified atom stereocenters. The third-order valence-corrected chi connectivity index (χ3v) is 2.13. The molecular weight excluding hydrogens is 180 g/mol. The van der Waals surface area contributed by atoms with E-state index in [4.69, 9.17) is 15.6 Å². The van der Waals surface area contributed by atoms with Gasteiger partial charge in [0.05, 0.1) is 19.8 Å². The van der Waals surface area contributed by atoms with Crippen LogP contribution < -0.4 is 10.5 Å². The van der Waals surface area contributed by atoms with Crippen LogP contribution in [0.15, 0.2) is 6.07 Å². The number of hydrogen-bond acceptors (Lipinski definition) is 4. The van der Waals surface area contributed by atoms with Gasteiger partial charge in [0.2, 0.25) is 0 Å². The lowest BCUT2D eigenvalue weighted by molar-refractivity contribution is 0.264. The van der Waals surface area contributed by atoms with Crippen LogP contribution in [0.25, 0.3) is 0 Å². The largest absolute Gasteiger partial charge is 0.496 e. The molecular formula is C10H16N2O2. The smallest absolute Gasteiger partial charge is 0.127 e. The molecule has 4 heteroatoms. The molecule has 1 aromatic rings. The van der Waals surface area contributed by atoms with Gasteiger partial charge in [0, 0.05) is 23.0 Å². The molecule has 0 amide bonds. The molecule has 0 bridgehead atoms. The molecule has 0 aliphatic carbocycles. The molecule has 1 rings (SSSR count). The van der Waals surface area contributed by atoms with Crippen molar-refractivity contribution in [1.82, 2.24) is 4.98 Å². The van der Waals surface area contributed by atoms with Gasteiger partial charge in [0.1, 0.15) is 5.75 Å². The first kappa shape index (κ1) is 10.9. The summed E-state index contributed by atoms with van der Waals surface area (Å²) in [5.74, 6) is 0.691. The van der Waals surface area contributed by atoms with Gasteiger partial charge in [0.15, 0.2) is 0 Å². The maximum atomic E-state index is 8.99. The Kier molecular flexibility index (Phi) is 3.43. The summed E-state index contributed by atoms with van der Waals surface area (Å²) in [6.45, 7) is 3.64. The Morgan fingerprint density at radius 3 is 2.71 bits per heavy atom. The molecule has 4 nitrogen and oxygen atoms in total. The quantitative estimate of drug-likeness (QED) is 0.746. The SMILES string of the molecule is COc1cc(C)nc(C)c1C(N)CO. The van der Waals surface area contributed by atoms with Crippen LogP contribution in [0.1, 0.15) is 23.0 Å². The first-order chi connectivity index (χ1) is 6.60. The predicted molar refractivity (Wildman–Crippen MR) is 54.3 cm³/mol. The van der Waals surface area contributed by atoms with Crippen LogP contribution in [-0.4, -0.2) is 23.8 Å². The summed E-state index contributed by atoms with van der Waals surface area (Å²) in [7, 11) is 1.59. The van der Waals surface area contributed by atoms with Crippen molar-refractivity contribution in [2.45, 2.75) is 19.9 Å². The number of rotatable bonds is 3. The van der Waals surface area contributed by atoms with Crippen molar-refractivity contribution in [3.8, 4) is 5.75 Å². The lowest BCUT2D eigenvalue weighted by Gasteiger charge is -2.16. The molecule has 14 heavy (non-hydrogen) atoms. The average Bonchev–Trinajstić information content (AvgIpc) is 2.15. The van der Waals surface area contributed by atoms with E-state index in [0.29, 0.717) is 5.75 Å². The fourth-order valence-corrected chi connectivity index (χ4v) is 1.51. The zero-order valence-electron chi connectivity index (χ0n) is 8.74. The Bertz CT molecular complexity index is 326. The summed E-state index contributed by atoms with van der Waals surface area (Å²) in [6.07, 6.45) is 0. The van der Waals surface area contributed by atoms with Crippen LogP contribution in [0.2, 0.25) is 0 Å². The standard InChI is InChI=1S/C10H16N2O2/c1-6-4-9(14-3)10(7(2)12-6)8(11)5-13/h4,8,13H,5,11H2,1-3H3. The maximum Gasteiger partial charge on any atom is 0.127 e. The van der Waals surface area contributed by atoms with Crippen LogP contribution >= 0.6 is 0 Å². The molecule has 1 aromatic heterocycles. The zero-order valence-corrected chi connectivity index (χ0v) is 8.74. The highest BCUT2D eigenvalue weighted by molar-refractivity contribution is 5.40. The highest BCUT2D eigenvalue weighted by atomic mass is 16.5. The topological polar surface area (TPSA) is 68.4 Å². The number of nitrogens with two attached hydrogens (primary N) is 1. The van der Waals surface area contributed by atoms with E-state index < -0.39 is 6.04 Å². The Morgan fingerprint density at radius 2 is 2.21 bits per heavy atom. The van der Waals surface area contributed by atoms with Crippen LogP contribution in [0, 0.1) is 13.8 Å². The minimum Gasteiger partial charge on any atom is -0.496 e. The maximum absolute atomic E-state index is 8.99. The van der Waals surface area contributed by atoms with Crippen molar-refractivity contribution >= 4 is 0 Å². The van der Waals surface area contributed by atoms with Gasteiger partial charge in [-0.1, -0.05) is 0 Å². The molecule has 1 atom stereocenters. The van der Waals surface area contributed by atoms with Crippen molar-refractivity contribution in [3.63, 3.8) is 0 Å². The van der Waals surface area contributed by atoms with Gasteiger partial charge >= 0.3 is 0 Å². The molecule has 78 valence electrons. The lowest BCUT2D eigenvalue weighted by Crippen LogP contribution is -2.17. The number of aryl methyl sites for hydroxylation is 2. The van der Waals surface area contributed by atoms with E-state index in [9.17, 15) is 0 Å². The zero-order chi connectivity index (χ0) is 10.7. The second-order valence-corrected chi connectivity index (χ2v) is 3.25. The third-order valence-electron chi connectivity index (χ3n) is 2.13. The minimum absolute atomic E-state index is 0.109. The molecule has 0 spiro atoms. The van der Waals surface area contributed by atoms with Gasteiger partial charge in [-0.3, -0.25) is 4.98 Å². The van der Waals surface area contributed by atoms with E-state index in [1.54, 1.807) is 7.11 Å². The Morgan fingerprint density at radius 1 is 1.57 bits per heavy atom. The van der Waals surface area contributed by atoms with E-state index in [1.165, 1.54) is 0 Å². The first-order valence-corrected chi connectivity index (χ1v) is 4.48. The van der Waals surface area contributed by atoms with Crippen molar-refractivity contribution in [1.29, 1.82) is 0 Å². The van der Waals surface area contributed by atoms with E-state index in [1.807, 2.05) is 19.9 Å². The van der Waals surface area contributed by atoms with Crippen molar-refractivity contribution in [2.75, 3.05) is 13.7 Å². The highest BCUT2D eigenvalue weighted by Gasteiger charge is 2.15. The predicted octanol–water partition coefficient (Wildman–Crippen LogP) is 0.699. The van der Waals surface area contributed by atoms with Gasteiger partial charge in [-0.05, 0) is 13.8 Å².